The van der Waals surface area contributed by atoms with Crippen LogP contribution in [0.15, 0.2) is 29.6 Å². The Hall–Kier alpha value is -0.850. The fraction of sp³-hybridized carbons (Fsp3) is 0.412. The predicted octanol–water partition coefficient (Wildman–Crippen LogP) is 4.75. The van der Waals surface area contributed by atoms with Crippen molar-refractivity contribution in [2.24, 2.45) is 11.7 Å². The molecule has 2 aromatic rings. The van der Waals surface area contributed by atoms with Crippen LogP contribution in [-0.2, 0) is 0 Å². The van der Waals surface area contributed by atoms with Gasteiger partial charge in [-0.3, -0.25) is 4.79 Å². The van der Waals surface area contributed by atoms with Gasteiger partial charge in [-0.1, -0.05) is 37.6 Å². The number of thiazole rings is 1. The molecule has 0 aliphatic carbocycles. The number of nitrogens with two attached hydrogens (primary N) is 1. The molecule has 8 heteroatoms. The van der Waals surface area contributed by atoms with Crippen molar-refractivity contribution in [3.8, 4) is 10.6 Å². The number of aromatic nitrogens is 1. The summed E-state index contributed by atoms with van der Waals surface area (Å²) >= 11 is 7.35. The molecule has 1 atom stereocenters. The van der Waals surface area contributed by atoms with Gasteiger partial charge in [-0.05, 0) is 24.5 Å². The highest BCUT2D eigenvalue weighted by molar-refractivity contribution is 7.13. The fourth-order valence-corrected chi connectivity index (χ4v) is 3.00. The van der Waals surface area contributed by atoms with Gasteiger partial charge in [0.15, 0.2) is 0 Å². The summed E-state index contributed by atoms with van der Waals surface area (Å²) in [7, 11) is 1.79. The fourth-order valence-electron chi connectivity index (χ4n) is 2.07. The van der Waals surface area contributed by atoms with Crippen LogP contribution in [0.1, 0.15) is 30.8 Å². The van der Waals surface area contributed by atoms with Crippen LogP contribution in [-0.4, -0.2) is 35.4 Å². The topological polar surface area (TPSA) is 59.2 Å². The monoisotopic (exact) mass is 423 g/mol. The van der Waals surface area contributed by atoms with Crippen molar-refractivity contribution in [1.29, 1.82) is 0 Å². The lowest BCUT2D eigenvalue weighted by atomic mass is 10.0. The highest BCUT2D eigenvalue weighted by atomic mass is 35.5. The van der Waals surface area contributed by atoms with E-state index in [4.69, 9.17) is 17.3 Å². The number of rotatable bonds is 6. The minimum atomic E-state index is -0.0718. The lowest BCUT2D eigenvalue weighted by Crippen LogP contribution is -2.34. The Labute approximate surface area is 170 Å². The van der Waals surface area contributed by atoms with E-state index in [9.17, 15) is 4.79 Å². The number of carbonyl (C=O) groups excluding carboxylic acids is 1. The van der Waals surface area contributed by atoms with E-state index in [1.165, 1.54) is 11.3 Å². The number of carbonyl (C=O) groups is 1. The van der Waals surface area contributed by atoms with E-state index in [0.717, 1.165) is 17.0 Å². The normalized spacial score (nSPS) is 11.4. The lowest BCUT2D eigenvalue weighted by molar-refractivity contribution is 0.0784. The highest BCUT2D eigenvalue weighted by Crippen LogP contribution is 2.25. The first-order valence-electron chi connectivity index (χ1n) is 7.61. The Bertz CT molecular complexity index is 661. The minimum Gasteiger partial charge on any atom is -0.340 e. The number of hydrogen-bond acceptors (Lipinski definition) is 4. The van der Waals surface area contributed by atoms with Gasteiger partial charge in [0, 0.05) is 35.6 Å². The van der Waals surface area contributed by atoms with Crippen molar-refractivity contribution in [1.82, 2.24) is 9.88 Å². The molecule has 1 aromatic heterocycles. The molecule has 1 unspecified atom stereocenters. The second kappa shape index (κ2) is 11.0. The number of amides is 1. The Morgan fingerprint density at radius 2 is 1.88 bits per heavy atom. The first kappa shape index (κ1) is 24.2. The van der Waals surface area contributed by atoms with E-state index in [2.05, 4.69) is 18.8 Å². The zero-order chi connectivity index (χ0) is 17.0. The molecule has 1 aromatic carbocycles. The van der Waals surface area contributed by atoms with Crippen molar-refractivity contribution in [3.63, 3.8) is 0 Å². The van der Waals surface area contributed by atoms with Crippen molar-refractivity contribution in [2.45, 2.75) is 26.3 Å². The van der Waals surface area contributed by atoms with Crippen LogP contribution in [0.4, 0.5) is 0 Å². The Morgan fingerprint density at radius 1 is 1.28 bits per heavy atom. The molecule has 0 saturated heterocycles. The van der Waals surface area contributed by atoms with Crippen molar-refractivity contribution < 1.29 is 4.79 Å². The van der Waals surface area contributed by atoms with Gasteiger partial charge in [-0.2, -0.15) is 0 Å². The van der Waals surface area contributed by atoms with Gasteiger partial charge < -0.3 is 10.6 Å². The molecule has 140 valence electrons. The predicted molar refractivity (Wildman–Crippen MR) is 111 cm³/mol. The second-order valence-corrected chi connectivity index (χ2v) is 7.26. The third-order valence-corrected chi connectivity index (χ3v) is 4.96. The molecule has 0 fully saturated rings. The van der Waals surface area contributed by atoms with Gasteiger partial charge in [0.25, 0.3) is 5.91 Å². The van der Waals surface area contributed by atoms with E-state index >= 15 is 0 Å². The van der Waals surface area contributed by atoms with E-state index in [1.807, 2.05) is 24.3 Å². The molecule has 0 aliphatic heterocycles. The summed E-state index contributed by atoms with van der Waals surface area (Å²) in [6.45, 7) is 4.81. The van der Waals surface area contributed by atoms with Gasteiger partial charge in [-0.25, -0.2) is 4.98 Å². The highest BCUT2D eigenvalue weighted by Gasteiger charge is 2.17. The molecule has 0 saturated carbocycles. The lowest BCUT2D eigenvalue weighted by Gasteiger charge is -2.20. The quantitative estimate of drug-likeness (QED) is 0.727. The number of nitrogens with zero attached hydrogens (tertiary/aromatic N) is 2. The Morgan fingerprint density at radius 3 is 2.44 bits per heavy atom. The maximum atomic E-state index is 12.4. The van der Waals surface area contributed by atoms with Crippen LogP contribution < -0.4 is 5.73 Å². The molecular formula is C17H24Cl3N3OS. The van der Waals surface area contributed by atoms with Crippen molar-refractivity contribution >= 4 is 53.7 Å². The third kappa shape index (κ3) is 6.76. The van der Waals surface area contributed by atoms with Gasteiger partial charge in [-0.15, -0.1) is 36.2 Å². The molecule has 0 aliphatic rings. The van der Waals surface area contributed by atoms with Gasteiger partial charge >= 0.3 is 0 Å². The SMILES string of the molecule is CC(C)C(N)CCN(C)C(=O)c1csc(-c2ccc(Cl)cc2)n1.Cl.Cl. The molecule has 4 nitrogen and oxygen atoms in total. The van der Waals surface area contributed by atoms with Crippen LogP contribution in [0.3, 0.4) is 0 Å². The molecule has 2 rings (SSSR count). The first-order chi connectivity index (χ1) is 10.9. The second-order valence-electron chi connectivity index (χ2n) is 5.97. The maximum absolute atomic E-state index is 12.4. The molecule has 2 N–H and O–H groups in total. The average Bonchev–Trinajstić information content (AvgIpc) is 3.01. The van der Waals surface area contributed by atoms with E-state index in [0.29, 0.717) is 23.2 Å². The summed E-state index contributed by atoms with van der Waals surface area (Å²) in [4.78, 5) is 18.6. The smallest absolute Gasteiger partial charge is 0.273 e. The van der Waals surface area contributed by atoms with E-state index < -0.39 is 0 Å². The summed E-state index contributed by atoms with van der Waals surface area (Å²) in [5.41, 5.74) is 7.47. The van der Waals surface area contributed by atoms with E-state index in [1.54, 1.807) is 17.3 Å². The zero-order valence-corrected chi connectivity index (χ0v) is 17.6. The average molecular weight is 425 g/mol. The molecule has 0 spiro atoms. The summed E-state index contributed by atoms with van der Waals surface area (Å²) in [5.74, 6) is 0.340. The first-order valence-corrected chi connectivity index (χ1v) is 8.86. The number of halogens is 3. The maximum Gasteiger partial charge on any atom is 0.273 e. The third-order valence-electron chi connectivity index (χ3n) is 3.82. The summed E-state index contributed by atoms with van der Waals surface area (Å²) in [5, 5.41) is 3.30. The molecule has 0 bridgehead atoms. The largest absolute Gasteiger partial charge is 0.340 e. The van der Waals surface area contributed by atoms with Crippen LogP contribution in [0.2, 0.25) is 5.02 Å². The Kier molecular flexibility index (Phi) is 10.6. The minimum absolute atomic E-state index is 0. The summed E-state index contributed by atoms with van der Waals surface area (Å²) in [6, 6.07) is 7.55. The molecule has 25 heavy (non-hydrogen) atoms. The van der Waals surface area contributed by atoms with Gasteiger partial charge in [0.05, 0.1) is 0 Å². The number of hydrogen-bond donors (Lipinski definition) is 1. The molecule has 1 amide bonds. The standard InChI is InChI=1S/C17H22ClN3OS.2ClH/c1-11(2)14(19)8-9-21(3)17(22)15-10-23-16(20-15)12-4-6-13(18)7-5-12;;/h4-7,10-11,14H,8-9,19H2,1-3H3;2*1H. The summed E-state index contributed by atoms with van der Waals surface area (Å²) < 4.78 is 0. The number of benzene rings is 1. The van der Waals surface area contributed by atoms with Crippen molar-refractivity contribution in [3.05, 3.63) is 40.4 Å². The molecule has 0 radical (unpaired) electrons. The van der Waals surface area contributed by atoms with E-state index in [-0.39, 0.29) is 36.8 Å². The molecule has 1 heterocycles. The van der Waals surface area contributed by atoms with Gasteiger partial charge in [0.2, 0.25) is 0 Å². The van der Waals surface area contributed by atoms with Crippen LogP contribution in [0.5, 0.6) is 0 Å². The Balaban J connectivity index is 0.00000288. The van der Waals surface area contributed by atoms with Gasteiger partial charge in [0.1, 0.15) is 10.7 Å². The summed E-state index contributed by atoms with van der Waals surface area (Å²) in [6.07, 6.45) is 0.786. The van der Waals surface area contributed by atoms with Crippen LogP contribution in [0.25, 0.3) is 10.6 Å². The zero-order valence-electron chi connectivity index (χ0n) is 14.4. The molecular weight excluding hydrogens is 401 g/mol. The van der Waals surface area contributed by atoms with Crippen LogP contribution in [0, 0.1) is 5.92 Å². The van der Waals surface area contributed by atoms with Crippen molar-refractivity contribution in [2.75, 3.05) is 13.6 Å². The van der Waals surface area contributed by atoms with Crippen LogP contribution >= 0.6 is 47.8 Å².